The Morgan fingerprint density at radius 2 is 1.64 bits per heavy atom. The zero-order valence-corrected chi connectivity index (χ0v) is 22.9. The number of nitrogens with two attached hydrogens (primary N) is 1. The number of nitrogens with zero attached hydrogens (tertiary/aromatic N) is 2. The summed E-state index contributed by atoms with van der Waals surface area (Å²) < 4.78 is 7.39. The topological polar surface area (TPSA) is 111 Å². The molecule has 0 atom stereocenters. The molecule has 4 aromatic rings. The predicted octanol–water partition coefficient (Wildman–Crippen LogP) is 5.26. The minimum absolute atomic E-state index is 0.0331. The van der Waals surface area contributed by atoms with Crippen LogP contribution in [-0.4, -0.2) is 39.2 Å². The predicted molar refractivity (Wildman–Crippen MR) is 154 cm³/mol. The van der Waals surface area contributed by atoms with Crippen molar-refractivity contribution in [1.29, 1.82) is 0 Å². The third kappa shape index (κ3) is 6.23. The molecule has 2 aromatic carbocycles. The highest BCUT2D eigenvalue weighted by Crippen LogP contribution is 2.26. The third-order valence-electron chi connectivity index (χ3n) is 7.24. The summed E-state index contributed by atoms with van der Waals surface area (Å²) in [6, 6.07) is 20.4. The van der Waals surface area contributed by atoms with Gasteiger partial charge in [0, 0.05) is 24.0 Å². The monoisotopic (exact) mass is 527 g/mol. The highest BCUT2D eigenvalue weighted by atomic mass is 16.6. The second kappa shape index (κ2) is 11.1. The van der Waals surface area contributed by atoms with Crippen LogP contribution in [-0.2, 0) is 17.8 Å². The van der Waals surface area contributed by atoms with Gasteiger partial charge < -0.3 is 25.7 Å². The summed E-state index contributed by atoms with van der Waals surface area (Å²) >= 11 is 0. The smallest absolute Gasteiger partial charge is 0.407 e. The number of amides is 2. The average molecular weight is 528 g/mol. The van der Waals surface area contributed by atoms with Crippen LogP contribution in [0.1, 0.15) is 68.2 Å². The van der Waals surface area contributed by atoms with Gasteiger partial charge in [-0.1, -0.05) is 42.5 Å². The van der Waals surface area contributed by atoms with Crippen molar-refractivity contribution in [3.8, 4) is 0 Å². The lowest BCUT2D eigenvalue weighted by Crippen LogP contribution is -2.45. The van der Waals surface area contributed by atoms with Gasteiger partial charge >= 0.3 is 6.09 Å². The summed E-state index contributed by atoms with van der Waals surface area (Å²) in [6.07, 6.45) is 2.74. The molecule has 0 aliphatic heterocycles. The number of alkyl carbamates (subject to hydrolysis) is 1. The van der Waals surface area contributed by atoms with E-state index in [-0.39, 0.29) is 18.0 Å². The van der Waals surface area contributed by atoms with Crippen LogP contribution in [0.3, 0.4) is 0 Å². The van der Waals surface area contributed by atoms with Crippen LogP contribution in [0, 0.1) is 0 Å². The Labute approximate surface area is 228 Å². The standard InChI is InChI=1S/C31H37N5O3/c1-31(2,3)39-30(38)35-24-15-13-23(14-16-24)34-29(37)27-17-21-11-12-25(18-32)33-28(21)36(27)19-22-9-6-8-20-7-4-5-10-26(20)22/h4-12,17,23-24H,13-16,18-19,32H2,1-3H3,(H,34,37)(H,35,38). The molecule has 2 heterocycles. The molecule has 2 amide bonds. The number of aromatic nitrogens is 2. The molecule has 1 saturated carbocycles. The fourth-order valence-corrected chi connectivity index (χ4v) is 5.34. The Balaban J connectivity index is 1.35. The van der Waals surface area contributed by atoms with Crippen LogP contribution < -0.4 is 16.4 Å². The van der Waals surface area contributed by atoms with E-state index in [0.29, 0.717) is 18.8 Å². The molecule has 204 valence electrons. The number of carbonyl (C=O) groups excluding carboxylic acids is 2. The maximum absolute atomic E-state index is 13.7. The number of ether oxygens (including phenoxy) is 1. The van der Waals surface area contributed by atoms with E-state index in [1.807, 2.05) is 61.7 Å². The van der Waals surface area contributed by atoms with Crippen molar-refractivity contribution >= 4 is 33.8 Å². The fraction of sp³-hybridized carbons (Fsp3) is 0.387. The Kier molecular flexibility index (Phi) is 7.57. The number of rotatable bonds is 6. The van der Waals surface area contributed by atoms with Gasteiger partial charge in [0.2, 0.25) is 0 Å². The van der Waals surface area contributed by atoms with Crippen LogP contribution in [0.25, 0.3) is 21.8 Å². The zero-order chi connectivity index (χ0) is 27.6. The summed E-state index contributed by atoms with van der Waals surface area (Å²) in [5.41, 5.74) is 8.59. The van der Waals surface area contributed by atoms with Crippen molar-refractivity contribution in [2.45, 2.75) is 77.2 Å². The molecule has 39 heavy (non-hydrogen) atoms. The second-order valence-corrected chi connectivity index (χ2v) is 11.3. The third-order valence-corrected chi connectivity index (χ3v) is 7.24. The zero-order valence-electron chi connectivity index (χ0n) is 22.9. The van der Waals surface area contributed by atoms with E-state index in [1.165, 1.54) is 0 Å². The minimum Gasteiger partial charge on any atom is -0.444 e. The second-order valence-electron chi connectivity index (χ2n) is 11.3. The van der Waals surface area contributed by atoms with E-state index < -0.39 is 11.7 Å². The first-order valence-electron chi connectivity index (χ1n) is 13.7. The molecule has 0 radical (unpaired) electrons. The van der Waals surface area contributed by atoms with E-state index >= 15 is 0 Å². The summed E-state index contributed by atoms with van der Waals surface area (Å²) in [5.74, 6) is -0.119. The summed E-state index contributed by atoms with van der Waals surface area (Å²) in [7, 11) is 0. The minimum atomic E-state index is -0.528. The number of nitrogens with one attached hydrogen (secondary N) is 2. The van der Waals surface area contributed by atoms with Gasteiger partial charge in [0.05, 0.1) is 12.2 Å². The molecule has 1 aliphatic carbocycles. The van der Waals surface area contributed by atoms with Crippen molar-refractivity contribution in [2.75, 3.05) is 0 Å². The molecule has 5 rings (SSSR count). The molecule has 0 saturated heterocycles. The number of hydrogen-bond donors (Lipinski definition) is 3. The quantitative estimate of drug-likeness (QED) is 0.317. The maximum atomic E-state index is 13.7. The van der Waals surface area contributed by atoms with E-state index in [9.17, 15) is 9.59 Å². The summed E-state index contributed by atoms with van der Waals surface area (Å²) in [6.45, 7) is 6.40. The van der Waals surface area contributed by atoms with Gasteiger partial charge in [0.25, 0.3) is 5.91 Å². The number of carbonyl (C=O) groups is 2. The molecular formula is C31H37N5O3. The Hall–Kier alpha value is -3.91. The number of pyridine rings is 1. The highest BCUT2D eigenvalue weighted by molar-refractivity contribution is 5.98. The van der Waals surface area contributed by atoms with Gasteiger partial charge in [-0.2, -0.15) is 0 Å². The Morgan fingerprint density at radius 1 is 0.949 bits per heavy atom. The normalized spacial score (nSPS) is 17.7. The van der Waals surface area contributed by atoms with E-state index in [4.69, 9.17) is 15.5 Å². The molecular weight excluding hydrogens is 490 g/mol. The Morgan fingerprint density at radius 3 is 2.36 bits per heavy atom. The molecule has 4 N–H and O–H groups in total. The first-order valence-corrected chi connectivity index (χ1v) is 13.7. The average Bonchev–Trinajstić information content (AvgIpc) is 3.26. The van der Waals surface area contributed by atoms with Crippen LogP contribution in [0.4, 0.5) is 4.79 Å². The van der Waals surface area contributed by atoms with E-state index in [2.05, 4.69) is 34.9 Å². The fourth-order valence-electron chi connectivity index (χ4n) is 5.34. The number of hydrogen-bond acceptors (Lipinski definition) is 5. The van der Waals surface area contributed by atoms with Gasteiger partial charge in [-0.3, -0.25) is 4.79 Å². The maximum Gasteiger partial charge on any atom is 0.407 e. The van der Waals surface area contributed by atoms with Crippen molar-refractivity contribution in [2.24, 2.45) is 5.73 Å². The van der Waals surface area contributed by atoms with Crippen molar-refractivity contribution in [3.05, 3.63) is 77.6 Å². The van der Waals surface area contributed by atoms with Gasteiger partial charge in [-0.15, -0.1) is 0 Å². The van der Waals surface area contributed by atoms with Crippen LogP contribution in [0.5, 0.6) is 0 Å². The highest BCUT2D eigenvalue weighted by Gasteiger charge is 2.27. The van der Waals surface area contributed by atoms with Gasteiger partial charge in [0.15, 0.2) is 0 Å². The van der Waals surface area contributed by atoms with Crippen molar-refractivity contribution in [3.63, 3.8) is 0 Å². The largest absolute Gasteiger partial charge is 0.444 e. The van der Waals surface area contributed by atoms with Crippen LogP contribution in [0.15, 0.2) is 60.7 Å². The first kappa shape index (κ1) is 26.7. The molecule has 1 aliphatic rings. The van der Waals surface area contributed by atoms with Crippen molar-refractivity contribution in [1.82, 2.24) is 20.2 Å². The Bertz CT molecular complexity index is 1490. The van der Waals surface area contributed by atoms with Crippen molar-refractivity contribution < 1.29 is 14.3 Å². The molecule has 0 unspecified atom stereocenters. The van der Waals surface area contributed by atoms with Crippen LogP contribution in [0.2, 0.25) is 0 Å². The molecule has 0 bridgehead atoms. The molecule has 1 fully saturated rings. The molecule has 2 aromatic heterocycles. The first-order chi connectivity index (χ1) is 18.7. The lowest BCUT2D eigenvalue weighted by atomic mass is 9.91. The molecule has 8 heteroatoms. The van der Waals surface area contributed by atoms with E-state index in [0.717, 1.165) is 58.7 Å². The summed E-state index contributed by atoms with van der Waals surface area (Å²) in [5, 5.41) is 9.42. The van der Waals surface area contributed by atoms with Gasteiger partial charge in [0.1, 0.15) is 16.9 Å². The SMILES string of the molecule is CC(C)(C)OC(=O)NC1CCC(NC(=O)c2cc3ccc(CN)nc3n2Cc2cccc3ccccc23)CC1. The molecule has 8 nitrogen and oxygen atoms in total. The van der Waals surface area contributed by atoms with Crippen LogP contribution >= 0.6 is 0 Å². The lowest BCUT2D eigenvalue weighted by Gasteiger charge is -2.30. The van der Waals surface area contributed by atoms with Gasteiger partial charge in [-0.05, 0) is 81.0 Å². The lowest BCUT2D eigenvalue weighted by molar-refractivity contribution is 0.0488. The molecule has 0 spiro atoms. The summed E-state index contributed by atoms with van der Waals surface area (Å²) in [4.78, 5) is 30.6. The number of fused-ring (bicyclic) bond motifs is 2. The number of benzene rings is 2. The van der Waals surface area contributed by atoms with E-state index in [1.54, 1.807) is 0 Å². The van der Waals surface area contributed by atoms with Gasteiger partial charge in [-0.25, -0.2) is 9.78 Å².